The minimum atomic E-state index is -0.880. The van der Waals surface area contributed by atoms with Crippen LogP contribution in [-0.2, 0) is 0 Å². The monoisotopic (exact) mass is 324 g/mol. The van der Waals surface area contributed by atoms with Gasteiger partial charge in [0, 0.05) is 0 Å². The highest BCUT2D eigenvalue weighted by atomic mass is 19.1. The van der Waals surface area contributed by atoms with E-state index >= 15 is 0 Å². The maximum absolute atomic E-state index is 13.0. The predicted octanol–water partition coefficient (Wildman–Crippen LogP) is 0.571. The molecule has 0 atom stereocenters. The number of H-pyrrole nitrogens is 1. The molecule has 0 amide bonds. The van der Waals surface area contributed by atoms with Gasteiger partial charge in [-0.2, -0.15) is 0 Å². The van der Waals surface area contributed by atoms with Crippen LogP contribution in [0.5, 0.6) is 0 Å². The Bertz CT molecular complexity index is 1100. The van der Waals surface area contributed by atoms with Crippen molar-refractivity contribution in [2.45, 2.75) is 0 Å². The third kappa shape index (κ3) is 3.17. The van der Waals surface area contributed by atoms with Gasteiger partial charge in [0.2, 0.25) is 0 Å². The average molecular weight is 324 g/mol. The lowest BCUT2D eigenvalue weighted by Crippen LogP contribution is -2.52. The van der Waals surface area contributed by atoms with Crippen LogP contribution in [0.2, 0.25) is 0 Å². The van der Waals surface area contributed by atoms with Gasteiger partial charge in [0.1, 0.15) is 16.5 Å². The van der Waals surface area contributed by atoms with Crippen molar-refractivity contribution in [2.75, 3.05) is 0 Å². The zero-order valence-corrected chi connectivity index (χ0v) is 12.4. The first-order valence-corrected chi connectivity index (χ1v) is 7.13. The molecule has 0 saturated heterocycles. The molecule has 5 nitrogen and oxygen atoms in total. The Morgan fingerprint density at radius 3 is 1.88 bits per heavy atom. The Balaban J connectivity index is 2.25. The minimum absolute atomic E-state index is 0.00545. The van der Waals surface area contributed by atoms with E-state index in [-0.39, 0.29) is 15.4 Å². The largest absolute Gasteiger partial charge is 0.422 e. The van der Waals surface area contributed by atoms with Gasteiger partial charge in [-0.15, -0.1) is 4.73 Å². The molecule has 3 aromatic rings. The molecule has 3 rings (SSSR count). The van der Waals surface area contributed by atoms with E-state index in [9.17, 15) is 19.2 Å². The molecule has 1 aromatic heterocycles. The fourth-order valence-corrected chi connectivity index (χ4v) is 2.21. The summed E-state index contributed by atoms with van der Waals surface area (Å²) in [4.78, 5) is 26.8. The summed E-state index contributed by atoms with van der Waals surface area (Å²) in [6.07, 6.45) is 2.95. The van der Waals surface area contributed by atoms with Crippen molar-refractivity contribution >= 4 is 12.2 Å². The van der Waals surface area contributed by atoms with Gasteiger partial charge >= 0.3 is 11.1 Å². The zero-order chi connectivity index (χ0) is 17.1. The number of benzene rings is 2. The number of nitrogens with one attached hydrogen (secondary N) is 1. The van der Waals surface area contributed by atoms with Crippen molar-refractivity contribution in [3.8, 4) is 0 Å². The maximum Gasteiger partial charge on any atom is 0.310 e. The van der Waals surface area contributed by atoms with Crippen molar-refractivity contribution < 1.29 is 9.60 Å². The van der Waals surface area contributed by atoms with E-state index in [1.54, 1.807) is 24.3 Å². The van der Waals surface area contributed by atoms with Gasteiger partial charge in [0.15, 0.2) is 0 Å². The first-order chi connectivity index (χ1) is 11.5. The molecule has 6 heteroatoms. The molecule has 2 aromatic carbocycles. The van der Waals surface area contributed by atoms with Gasteiger partial charge in [-0.05, 0) is 35.4 Å². The summed E-state index contributed by atoms with van der Waals surface area (Å²) in [7, 11) is 0. The number of hydrogen-bond acceptors (Lipinski definition) is 3. The molecule has 0 fully saturated rings. The van der Waals surface area contributed by atoms with Crippen LogP contribution in [0.4, 0.5) is 4.39 Å². The van der Waals surface area contributed by atoms with Gasteiger partial charge in [-0.1, -0.05) is 42.5 Å². The van der Waals surface area contributed by atoms with E-state index < -0.39 is 16.9 Å². The summed E-state index contributed by atoms with van der Waals surface area (Å²) in [5, 5.41) is 9.80. The van der Waals surface area contributed by atoms with E-state index in [2.05, 4.69) is 4.98 Å². The normalized spacial score (nSPS) is 12.5. The zero-order valence-electron chi connectivity index (χ0n) is 12.4. The standard InChI is InChI=1S/C18H13FN2O3/c19-14-8-6-13(7-9-14)11-16-18(23)21(24)17(22)15(20-16)10-12-4-2-1-3-5-12/h1-11,20,24H/b15-10-,16-11+. The van der Waals surface area contributed by atoms with E-state index in [0.717, 1.165) is 5.56 Å². The lowest BCUT2D eigenvalue weighted by atomic mass is 10.2. The highest BCUT2D eigenvalue weighted by Crippen LogP contribution is 2.02. The molecule has 120 valence electrons. The molecule has 0 aliphatic carbocycles. The number of rotatable bonds is 2. The lowest BCUT2D eigenvalue weighted by molar-refractivity contribution is 0.161. The van der Waals surface area contributed by atoms with Gasteiger partial charge in [0.25, 0.3) is 0 Å². The quantitative estimate of drug-likeness (QED) is 0.677. The number of halogens is 1. The Labute approximate surface area is 135 Å². The number of hydrogen-bond donors (Lipinski definition) is 2. The van der Waals surface area contributed by atoms with Crippen molar-refractivity contribution in [3.63, 3.8) is 0 Å². The maximum atomic E-state index is 13.0. The molecule has 0 spiro atoms. The molecular weight excluding hydrogens is 311 g/mol. The summed E-state index contributed by atoms with van der Waals surface area (Å²) >= 11 is 0. The predicted molar refractivity (Wildman–Crippen MR) is 87.7 cm³/mol. The fourth-order valence-electron chi connectivity index (χ4n) is 2.21. The molecule has 0 unspecified atom stereocenters. The van der Waals surface area contributed by atoms with Crippen LogP contribution in [0.15, 0.2) is 64.2 Å². The summed E-state index contributed by atoms with van der Waals surface area (Å²) in [6.45, 7) is 0. The Morgan fingerprint density at radius 2 is 1.33 bits per heavy atom. The van der Waals surface area contributed by atoms with E-state index in [4.69, 9.17) is 0 Å². The second-order valence-corrected chi connectivity index (χ2v) is 5.13. The van der Waals surface area contributed by atoms with Gasteiger partial charge in [0.05, 0.1) is 0 Å². The Kier molecular flexibility index (Phi) is 4.11. The van der Waals surface area contributed by atoms with Gasteiger partial charge in [-0.3, -0.25) is 9.59 Å². The van der Waals surface area contributed by atoms with Crippen molar-refractivity contribution in [1.82, 2.24) is 9.71 Å². The second-order valence-electron chi connectivity index (χ2n) is 5.13. The van der Waals surface area contributed by atoms with Crippen LogP contribution in [-0.4, -0.2) is 14.9 Å². The van der Waals surface area contributed by atoms with Crippen LogP contribution in [0.1, 0.15) is 11.1 Å². The van der Waals surface area contributed by atoms with Crippen molar-refractivity contribution in [2.24, 2.45) is 0 Å². The summed E-state index contributed by atoms with van der Waals surface area (Å²) in [6, 6.07) is 14.5. The number of aromatic amines is 1. The third-order valence-corrected chi connectivity index (χ3v) is 3.41. The molecule has 2 N–H and O–H groups in total. The smallest absolute Gasteiger partial charge is 0.310 e. The third-order valence-electron chi connectivity index (χ3n) is 3.41. The van der Waals surface area contributed by atoms with Crippen LogP contribution in [0, 0.1) is 5.82 Å². The van der Waals surface area contributed by atoms with Gasteiger partial charge in [-0.25, -0.2) is 4.39 Å². The summed E-state index contributed by atoms with van der Waals surface area (Å²) < 4.78 is 13.0. The van der Waals surface area contributed by atoms with Crippen LogP contribution in [0.3, 0.4) is 0 Å². The molecule has 0 bridgehead atoms. The van der Waals surface area contributed by atoms with Crippen molar-refractivity contribution in [1.29, 1.82) is 0 Å². The molecule has 0 aliphatic heterocycles. The van der Waals surface area contributed by atoms with E-state index in [0.29, 0.717) is 5.56 Å². The fraction of sp³-hybridized carbons (Fsp3) is 0. The molecule has 0 saturated carbocycles. The SMILES string of the molecule is O=c1/c(=C/c2ccccc2)[nH]/c(=C/c2ccc(F)cc2)c(=O)n1O. The minimum Gasteiger partial charge on any atom is -0.422 e. The summed E-state index contributed by atoms with van der Waals surface area (Å²) in [5.41, 5.74) is -0.444. The summed E-state index contributed by atoms with van der Waals surface area (Å²) in [5.74, 6) is -0.399. The van der Waals surface area contributed by atoms with Gasteiger partial charge < -0.3 is 10.2 Å². The molecule has 24 heavy (non-hydrogen) atoms. The molecule has 0 aliphatic rings. The van der Waals surface area contributed by atoms with Crippen molar-refractivity contribution in [3.05, 3.63) is 103 Å². The first-order valence-electron chi connectivity index (χ1n) is 7.13. The number of aromatic nitrogens is 2. The van der Waals surface area contributed by atoms with Crippen LogP contribution < -0.4 is 21.8 Å². The second kappa shape index (κ2) is 6.37. The molecule has 1 heterocycles. The average Bonchev–Trinajstić information content (AvgIpc) is 2.60. The Morgan fingerprint density at radius 1 is 0.833 bits per heavy atom. The van der Waals surface area contributed by atoms with E-state index in [1.165, 1.54) is 36.4 Å². The lowest BCUT2D eigenvalue weighted by Gasteiger charge is -1.98. The molecular formula is C18H13FN2O3. The van der Waals surface area contributed by atoms with Crippen LogP contribution >= 0.6 is 0 Å². The highest BCUT2D eigenvalue weighted by Gasteiger charge is 2.03. The van der Waals surface area contributed by atoms with Crippen LogP contribution in [0.25, 0.3) is 12.2 Å². The highest BCUT2D eigenvalue weighted by molar-refractivity contribution is 5.49. The number of nitrogens with zero attached hydrogens (tertiary/aromatic N) is 1. The topological polar surface area (TPSA) is 75.1 Å². The first kappa shape index (κ1) is 15.5. The molecule has 0 radical (unpaired) electrons. The van der Waals surface area contributed by atoms with E-state index in [1.807, 2.05) is 6.07 Å². The Hall–Kier alpha value is -3.41.